The van der Waals surface area contributed by atoms with E-state index in [0.717, 1.165) is 12.5 Å². The van der Waals surface area contributed by atoms with Crippen LogP contribution in [0, 0.1) is 5.92 Å². The number of nitrogens with zero attached hydrogens (tertiary/aromatic N) is 1. The monoisotopic (exact) mass is 206 g/mol. The number of likely N-dealkylation sites (tertiary alicyclic amines) is 1. The van der Waals surface area contributed by atoms with Crippen molar-refractivity contribution in [1.29, 1.82) is 0 Å². The molecule has 2 nitrogen and oxygen atoms in total. The first-order valence-electron chi connectivity index (χ1n) is 5.29. The Morgan fingerprint density at radius 1 is 1.31 bits per heavy atom. The predicted molar refractivity (Wildman–Crippen MR) is 60.4 cm³/mol. The molecule has 1 aliphatic heterocycles. The van der Waals surface area contributed by atoms with Crippen LogP contribution in [0.5, 0.6) is 0 Å². The van der Waals surface area contributed by atoms with E-state index in [1.165, 1.54) is 45.3 Å². The fraction of sp³-hybridized carbons (Fsp3) is 1.00. The number of hydrogen-bond donors (Lipinski definition) is 1. The van der Waals surface area contributed by atoms with Gasteiger partial charge >= 0.3 is 0 Å². The van der Waals surface area contributed by atoms with Gasteiger partial charge in [-0.2, -0.15) is 0 Å². The molecule has 0 aliphatic carbocycles. The molecule has 1 fully saturated rings. The van der Waals surface area contributed by atoms with Crippen LogP contribution in [-0.2, 0) is 0 Å². The molecule has 0 unspecified atom stereocenters. The van der Waals surface area contributed by atoms with Crippen LogP contribution in [0.4, 0.5) is 0 Å². The van der Waals surface area contributed by atoms with E-state index in [1.54, 1.807) is 0 Å². The number of unbranched alkanes of at least 4 members (excludes halogenated alkanes) is 1. The smallest absolute Gasteiger partial charge is 0.00156 e. The van der Waals surface area contributed by atoms with E-state index in [0.29, 0.717) is 0 Å². The summed E-state index contributed by atoms with van der Waals surface area (Å²) in [4.78, 5) is 2.58. The lowest BCUT2D eigenvalue weighted by molar-refractivity contribution is 0.185. The highest BCUT2D eigenvalue weighted by Gasteiger charge is 2.16. The molecule has 0 aromatic carbocycles. The van der Waals surface area contributed by atoms with Gasteiger partial charge in [0, 0.05) is 0 Å². The number of rotatable bonds is 4. The maximum atomic E-state index is 5.63. The van der Waals surface area contributed by atoms with Gasteiger partial charge in [-0.1, -0.05) is 13.3 Å². The molecule has 0 aromatic heterocycles. The molecule has 0 amide bonds. The van der Waals surface area contributed by atoms with Crippen LogP contribution in [-0.4, -0.2) is 31.1 Å². The van der Waals surface area contributed by atoms with E-state index in [2.05, 4.69) is 11.8 Å². The van der Waals surface area contributed by atoms with Gasteiger partial charge < -0.3 is 10.6 Å². The van der Waals surface area contributed by atoms with Crippen molar-refractivity contribution >= 4 is 12.4 Å². The molecular formula is C10H23ClN2. The van der Waals surface area contributed by atoms with Gasteiger partial charge in [0.1, 0.15) is 0 Å². The third kappa shape index (κ3) is 4.84. The number of piperidine rings is 1. The molecule has 1 heterocycles. The minimum absolute atomic E-state index is 0. The van der Waals surface area contributed by atoms with Crippen LogP contribution >= 0.6 is 12.4 Å². The second-order valence-corrected chi connectivity index (χ2v) is 3.87. The highest BCUT2D eigenvalue weighted by molar-refractivity contribution is 5.85. The molecule has 0 bridgehead atoms. The van der Waals surface area contributed by atoms with Crippen molar-refractivity contribution in [3.05, 3.63) is 0 Å². The Balaban J connectivity index is 0.00000144. The molecular weight excluding hydrogens is 184 g/mol. The number of nitrogens with two attached hydrogens (primary N) is 1. The van der Waals surface area contributed by atoms with Gasteiger partial charge in [-0.25, -0.2) is 0 Å². The SMILES string of the molecule is CCCCN1CCC(CN)CC1.Cl. The van der Waals surface area contributed by atoms with Gasteiger partial charge in [-0.05, 0) is 51.4 Å². The average Bonchev–Trinajstić information content (AvgIpc) is 2.15. The normalized spacial score (nSPS) is 19.8. The van der Waals surface area contributed by atoms with Crippen LogP contribution in [0.15, 0.2) is 0 Å². The molecule has 0 atom stereocenters. The summed E-state index contributed by atoms with van der Waals surface area (Å²) >= 11 is 0. The zero-order valence-corrected chi connectivity index (χ0v) is 9.48. The molecule has 1 saturated heterocycles. The summed E-state index contributed by atoms with van der Waals surface area (Å²) in [6, 6.07) is 0. The Morgan fingerprint density at radius 3 is 2.38 bits per heavy atom. The summed E-state index contributed by atoms with van der Waals surface area (Å²) in [5.74, 6) is 0.808. The molecule has 80 valence electrons. The first-order valence-corrected chi connectivity index (χ1v) is 5.29. The van der Waals surface area contributed by atoms with E-state index in [-0.39, 0.29) is 12.4 Å². The quantitative estimate of drug-likeness (QED) is 0.761. The summed E-state index contributed by atoms with van der Waals surface area (Å²) in [6.45, 7) is 7.01. The molecule has 0 aromatic rings. The van der Waals surface area contributed by atoms with Crippen LogP contribution in [0.1, 0.15) is 32.6 Å². The maximum Gasteiger partial charge on any atom is -0.00156 e. The Morgan fingerprint density at radius 2 is 1.92 bits per heavy atom. The highest BCUT2D eigenvalue weighted by atomic mass is 35.5. The van der Waals surface area contributed by atoms with Crippen molar-refractivity contribution in [3.8, 4) is 0 Å². The van der Waals surface area contributed by atoms with Crippen LogP contribution in [0.2, 0.25) is 0 Å². The molecule has 0 spiro atoms. The largest absolute Gasteiger partial charge is 0.330 e. The molecule has 3 heteroatoms. The van der Waals surface area contributed by atoms with E-state index < -0.39 is 0 Å². The second kappa shape index (κ2) is 7.60. The van der Waals surface area contributed by atoms with Crippen molar-refractivity contribution in [2.75, 3.05) is 26.2 Å². The summed E-state index contributed by atoms with van der Waals surface area (Å²) in [6.07, 6.45) is 5.31. The Bertz CT molecular complexity index is 111. The van der Waals surface area contributed by atoms with E-state index >= 15 is 0 Å². The Hall–Kier alpha value is 0.210. The number of halogens is 1. The Labute approximate surface area is 88.3 Å². The molecule has 1 rings (SSSR count). The minimum atomic E-state index is 0. The highest BCUT2D eigenvalue weighted by Crippen LogP contribution is 2.15. The summed E-state index contributed by atoms with van der Waals surface area (Å²) < 4.78 is 0. The third-order valence-electron chi connectivity index (χ3n) is 2.87. The Kier molecular flexibility index (Phi) is 7.72. The van der Waals surface area contributed by atoms with Gasteiger partial charge in [-0.3, -0.25) is 0 Å². The number of hydrogen-bond acceptors (Lipinski definition) is 2. The van der Waals surface area contributed by atoms with Crippen molar-refractivity contribution in [2.24, 2.45) is 11.7 Å². The molecule has 0 radical (unpaired) electrons. The lowest BCUT2D eigenvalue weighted by Gasteiger charge is -2.31. The van der Waals surface area contributed by atoms with Crippen molar-refractivity contribution in [1.82, 2.24) is 4.90 Å². The van der Waals surface area contributed by atoms with Gasteiger partial charge in [-0.15, -0.1) is 12.4 Å². The van der Waals surface area contributed by atoms with Gasteiger partial charge in [0.15, 0.2) is 0 Å². The zero-order chi connectivity index (χ0) is 8.81. The first-order chi connectivity index (χ1) is 5.86. The lowest BCUT2D eigenvalue weighted by Crippen LogP contribution is -2.36. The topological polar surface area (TPSA) is 29.3 Å². The van der Waals surface area contributed by atoms with Gasteiger partial charge in [0.25, 0.3) is 0 Å². The van der Waals surface area contributed by atoms with E-state index in [1.807, 2.05) is 0 Å². The summed E-state index contributed by atoms with van der Waals surface area (Å²) in [7, 11) is 0. The van der Waals surface area contributed by atoms with Crippen molar-refractivity contribution in [3.63, 3.8) is 0 Å². The first kappa shape index (κ1) is 13.2. The molecule has 1 aliphatic rings. The van der Waals surface area contributed by atoms with Crippen LogP contribution in [0.25, 0.3) is 0 Å². The fourth-order valence-electron chi connectivity index (χ4n) is 1.83. The predicted octanol–water partition coefficient (Wildman–Crippen LogP) is 1.88. The molecule has 2 N–H and O–H groups in total. The van der Waals surface area contributed by atoms with E-state index in [9.17, 15) is 0 Å². The van der Waals surface area contributed by atoms with Crippen molar-refractivity contribution in [2.45, 2.75) is 32.6 Å². The second-order valence-electron chi connectivity index (χ2n) is 3.87. The van der Waals surface area contributed by atoms with Crippen LogP contribution in [0.3, 0.4) is 0 Å². The van der Waals surface area contributed by atoms with E-state index in [4.69, 9.17) is 5.73 Å². The van der Waals surface area contributed by atoms with Gasteiger partial charge in [0.2, 0.25) is 0 Å². The lowest BCUT2D eigenvalue weighted by atomic mass is 9.97. The minimum Gasteiger partial charge on any atom is -0.330 e. The van der Waals surface area contributed by atoms with Gasteiger partial charge in [0.05, 0.1) is 0 Å². The standard InChI is InChI=1S/C10H22N2.ClH/c1-2-3-6-12-7-4-10(9-11)5-8-12;/h10H,2-9,11H2,1H3;1H. The third-order valence-corrected chi connectivity index (χ3v) is 2.87. The summed E-state index contributed by atoms with van der Waals surface area (Å²) in [5, 5.41) is 0. The van der Waals surface area contributed by atoms with Crippen molar-refractivity contribution < 1.29 is 0 Å². The maximum absolute atomic E-state index is 5.63. The van der Waals surface area contributed by atoms with Crippen LogP contribution < -0.4 is 5.73 Å². The molecule has 13 heavy (non-hydrogen) atoms. The molecule has 0 saturated carbocycles. The summed E-state index contributed by atoms with van der Waals surface area (Å²) in [5.41, 5.74) is 5.63. The zero-order valence-electron chi connectivity index (χ0n) is 8.67. The fourth-order valence-corrected chi connectivity index (χ4v) is 1.83. The average molecular weight is 207 g/mol.